The second-order valence-electron chi connectivity index (χ2n) is 6.56. The predicted molar refractivity (Wildman–Crippen MR) is 97.1 cm³/mol. The highest BCUT2D eigenvalue weighted by Gasteiger charge is 2.16. The molecule has 0 fully saturated rings. The Balaban J connectivity index is 2.37. The van der Waals surface area contributed by atoms with E-state index in [0.29, 0.717) is 19.1 Å². The van der Waals surface area contributed by atoms with Gasteiger partial charge in [-0.2, -0.15) is 0 Å². The molecular weight excluding hydrogens is 304 g/mol. The SMILES string of the molecule is CCC(CC)C(O)CNC(=O)NCc1cccc(OCC(C)C)c1. The van der Waals surface area contributed by atoms with Gasteiger partial charge in [-0.3, -0.25) is 0 Å². The molecule has 0 saturated carbocycles. The van der Waals surface area contributed by atoms with Gasteiger partial charge in [0.2, 0.25) is 0 Å². The van der Waals surface area contributed by atoms with E-state index in [1.54, 1.807) is 0 Å². The molecule has 1 aromatic carbocycles. The van der Waals surface area contributed by atoms with Crippen LogP contribution in [0.2, 0.25) is 0 Å². The van der Waals surface area contributed by atoms with Crippen molar-refractivity contribution in [2.45, 2.75) is 53.2 Å². The molecule has 1 rings (SSSR count). The van der Waals surface area contributed by atoms with E-state index in [2.05, 4.69) is 24.5 Å². The van der Waals surface area contributed by atoms with Crippen LogP contribution in [0.1, 0.15) is 46.1 Å². The van der Waals surface area contributed by atoms with Crippen LogP contribution < -0.4 is 15.4 Å². The smallest absolute Gasteiger partial charge is 0.315 e. The molecule has 0 spiro atoms. The first-order valence-corrected chi connectivity index (χ1v) is 8.87. The van der Waals surface area contributed by atoms with Crippen molar-refractivity contribution in [2.75, 3.05) is 13.2 Å². The molecule has 2 amide bonds. The van der Waals surface area contributed by atoms with Crippen LogP contribution in [0.25, 0.3) is 0 Å². The minimum Gasteiger partial charge on any atom is -0.493 e. The van der Waals surface area contributed by atoms with Gasteiger partial charge < -0.3 is 20.5 Å². The third kappa shape index (κ3) is 7.68. The Bertz CT molecular complexity index is 487. The molecule has 0 aliphatic carbocycles. The lowest BCUT2D eigenvalue weighted by Gasteiger charge is -2.20. The summed E-state index contributed by atoms with van der Waals surface area (Å²) in [4.78, 5) is 11.9. The topological polar surface area (TPSA) is 70.6 Å². The van der Waals surface area contributed by atoms with Crippen molar-refractivity contribution in [3.8, 4) is 5.75 Å². The molecule has 0 aromatic heterocycles. The number of urea groups is 1. The van der Waals surface area contributed by atoms with Crippen LogP contribution in [0.4, 0.5) is 4.79 Å². The van der Waals surface area contributed by atoms with E-state index in [1.807, 2.05) is 38.1 Å². The average molecular weight is 336 g/mol. The molecule has 5 heteroatoms. The van der Waals surface area contributed by atoms with Crippen molar-refractivity contribution in [1.82, 2.24) is 10.6 Å². The number of nitrogens with one attached hydrogen (secondary N) is 2. The van der Waals surface area contributed by atoms with Gasteiger partial charge in [-0.15, -0.1) is 0 Å². The summed E-state index contributed by atoms with van der Waals surface area (Å²) in [6, 6.07) is 7.44. The van der Waals surface area contributed by atoms with Gasteiger partial charge in [0.05, 0.1) is 12.7 Å². The molecule has 0 heterocycles. The van der Waals surface area contributed by atoms with Gasteiger partial charge >= 0.3 is 6.03 Å². The Hall–Kier alpha value is -1.75. The van der Waals surface area contributed by atoms with Crippen molar-refractivity contribution in [2.24, 2.45) is 11.8 Å². The molecule has 1 unspecified atom stereocenters. The average Bonchev–Trinajstić information content (AvgIpc) is 2.57. The van der Waals surface area contributed by atoms with Gasteiger partial charge in [0.25, 0.3) is 0 Å². The maximum absolute atomic E-state index is 11.9. The Kier molecular flexibility index (Phi) is 9.23. The van der Waals surface area contributed by atoms with Crippen LogP contribution in [0.15, 0.2) is 24.3 Å². The molecule has 0 radical (unpaired) electrons. The van der Waals surface area contributed by atoms with Gasteiger partial charge in [-0.1, -0.05) is 52.7 Å². The molecule has 1 atom stereocenters. The normalized spacial score (nSPS) is 12.3. The van der Waals surface area contributed by atoms with E-state index < -0.39 is 6.10 Å². The number of benzene rings is 1. The maximum atomic E-state index is 11.9. The number of hydrogen-bond acceptors (Lipinski definition) is 3. The number of aliphatic hydroxyl groups excluding tert-OH is 1. The van der Waals surface area contributed by atoms with Gasteiger partial charge in [0, 0.05) is 13.1 Å². The highest BCUT2D eigenvalue weighted by molar-refractivity contribution is 5.73. The van der Waals surface area contributed by atoms with Crippen LogP contribution in [0, 0.1) is 11.8 Å². The van der Waals surface area contributed by atoms with Gasteiger partial charge in [-0.25, -0.2) is 4.79 Å². The predicted octanol–water partition coefficient (Wildman–Crippen LogP) is 3.32. The number of ether oxygens (including phenoxy) is 1. The van der Waals surface area contributed by atoms with Crippen molar-refractivity contribution in [3.63, 3.8) is 0 Å². The lowest BCUT2D eigenvalue weighted by Crippen LogP contribution is -2.41. The molecule has 136 valence electrons. The summed E-state index contributed by atoms with van der Waals surface area (Å²) in [5, 5.41) is 15.6. The molecule has 3 N–H and O–H groups in total. The summed E-state index contributed by atoms with van der Waals surface area (Å²) in [7, 11) is 0. The summed E-state index contributed by atoms with van der Waals surface area (Å²) < 4.78 is 5.68. The molecule has 0 aliphatic heterocycles. The fourth-order valence-corrected chi connectivity index (χ4v) is 2.45. The van der Waals surface area contributed by atoms with Crippen molar-refractivity contribution >= 4 is 6.03 Å². The number of carbonyl (C=O) groups is 1. The molecule has 0 aliphatic rings. The van der Waals surface area contributed by atoms with Crippen LogP contribution >= 0.6 is 0 Å². The summed E-state index contributed by atoms with van der Waals surface area (Å²) in [5.41, 5.74) is 0.979. The zero-order valence-electron chi connectivity index (χ0n) is 15.3. The van der Waals surface area contributed by atoms with Gasteiger partial charge in [-0.05, 0) is 29.5 Å². The van der Waals surface area contributed by atoms with Crippen LogP contribution in [-0.4, -0.2) is 30.4 Å². The number of hydrogen-bond donors (Lipinski definition) is 3. The fourth-order valence-electron chi connectivity index (χ4n) is 2.45. The first-order chi connectivity index (χ1) is 11.5. The highest BCUT2D eigenvalue weighted by atomic mass is 16.5. The standard InChI is InChI=1S/C19H32N2O3/c1-5-16(6-2)18(22)12-21-19(23)20-11-15-8-7-9-17(10-15)24-13-14(3)4/h7-10,14,16,18,22H,5-6,11-13H2,1-4H3,(H2,20,21,23). The number of amides is 2. The van der Waals surface area contributed by atoms with Crippen LogP contribution in [-0.2, 0) is 6.54 Å². The van der Waals surface area contributed by atoms with Crippen molar-refractivity contribution < 1.29 is 14.6 Å². The Morgan fingerprint density at radius 1 is 1.21 bits per heavy atom. The number of rotatable bonds is 10. The lowest BCUT2D eigenvalue weighted by atomic mass is 9.97. The first kappa shape index (κ1) is 20.3. The minimum atomic E-state index is -0.501. The van der Waals surface area contributed by atoms with Crippen molar-refractivity contribution in [1.29, 1.82) is 0 Å². The Labute approximate surface area is 145 Å². The molecule has 0 saturated heterocycles. The Morgan fingerprint density at radius 2 is 1.92 bits per heavy atom. The minimum absolute atomic E-state index is 0.222. The van der Waals surface area contributed by atoms with E-state index in [1.165, 1.54) is 0 Å². The number of aliphatic hydroxyl groups is 1. The zero-order chi connectivity index (χ0) is 17.9. The summed E-state index contributed by atoms with van der Waals surface area (Å²) in [5.74, 6) is 1.51. The quantitative estimate of drug-likeness (QED) is 0.614. The largest absolute Gasteiger partial charge is 0.493 e. The van der Waals surface area contributed by atoms with E-state index in [0.717, 1.165) is 24.2 Å². The molecule has 5 nitrogen and oxygen atoms in total. The summed E-state index contributed by atoms with van der Waals surface area (Å²) in [6.45, 7) is 9.67. The highest BCUT2D eigenvalue weighted by Crippen LogP contribution is 2.14. The van der Waals surface area contributed by atoms with Crippen LogP contribution in [0.5, 0.6) is 5.75 Å². The molecule has 1 aromatic rings. The third-order valence-corrected chi connectivity index (χ3v) is 4.00. The maximum Gasteiger partial charge on any atom is 0.315 e. The van der Waals surface area contributed by atoms with Crippen LogP contribution in [0.3, 0.4) is 0 Å². The second-order valence-corrected chi connectivity index (χ2v) is 6.56. The molecule has 0 bridgehead atoms. The second kappa shape index (κ2) is 10.9. The van der Waals surface area contributed by atoms with Gasteiger partial charge in [0.1, 0.15) is 5.75 Å². The molecule has 24 heavy (non-hydrogen) atoms. The van der Waals surface area contributed by atoms with Gasteiger partial charge in [0.15, 0.2) is 0 Å². The lowest BCUT2D eigenvalue weighted by molar-refractivity contribution is 0.103. The third-order valence-electron chi connectivity index (χ3n) is 4.00. The fraction of sp³-hybridized carbons (Fsp3) is 0.632. The van der Waals surface area contributed by atoms with Crippen molar-refractivity contribution in [3.05, 3.63) is 29.8 Å². The van der Waals surface area contributed by atoms with E-state index in [-0.39, 0.29) is 18.5 Å². The molecular formula is C19H32N2O3. The zero-order valence-corrected chi connectivity index (χ0v) is 15.3. The summed E-state index contributed by atoms with van der Waals surface area (Å²) >= 11 is 0. The van der Waals surface area contributed by atoms with E-state index >= 15 is 0 Å². The van der Waals surface area contributed by atoms with E-state index in [4.69, 9.17) is 4.74 Å². The number of carbonyl (C=O) groups excluding carboxylic acids is 1. The first-order valence-electron chi connectivity index (χ1n) is 8.87. The summed E-state index contributed by atoms with van der Waals surface area (Å²) in [6.07, 6.45) is 1.31. The Morgan fingerprint density at radius 3 is 2.54 bits per heavy atom. The monoisotopic (exact) mass is 336 g/mol. The van der Waals surface area contributed by atoms with E-state index in [9.17, 15) is 9.90 Å².